The summed E-state index contributed by atoms with van der Waals surface area (Å²) >= 11 is 0. The highest BCUT2D eigenvalue weighted by Crippen LogP contribution is 2.41. The van der Waals surface area contributed by atoms with Crippen LogP contribution in [0.25, 0.3) is 11.1 Å². The van der Waals surface area contributed by atoms with Crippen LogP contribution in [0.4, 0.5) is 5.82 Å². The highest BCUT2D eigenvalue weighted by molar-refractivity contribution is 5.81. The first-order valence-corrected chi connectivity index (χ1v) is 6.15. The fourth-order valence-electron chi connectivity index (χ4n) is 2.08. The van der Waals surface area contributed by atoms with Crippen LogP contribution < -0.4 is 15.2 Å². The summed E-state index contributed by atoms with van der Waals surface area (Å²) in [7, 11) is 5.07. The van der Waals surface area contributed by atoms with E-state index in [0.29, 0.717) is 17.3 Å². The van der Waals surface area contributed by atoms with Crippen LogP contribution in [-0.2, 0) is 13.5 Å². The zero-order valence-corrected chi connectivity index (χ0v) is 11.7. The van der Waals surface area contributed by atoms with E-state index < -0.39 is 0 Å². The maximum Gasteiger partial charge on any atom is 0.168 e. The van der Waals surface area contributed by atoms with Gasteiger partial charge in [0.15, 0.2) is 11.5 Å². The third kappa shape index (κ3) is 2.23. The Hall–Kier alpha value is -2.17. The minimum atomic E-state index is 0.605. The van der Waals surface area contributed by atoms with Gasteiger partial charge >= 0.3 is 0 Å². The van der Waals surface area contributed by atoms with Gasteiger partial charge in [0.1, 0.15) is 5.82 Å². The van der Waals surface area contributed by atoms with Gasteiger partial charge in [-0.25, -0.2) is 0 Å². The van der Waals surface area contributed by atoms with E-state index in [1.807, 2.05) is 13.1 Å². The number of nitrogens with zero attached hydrogens (tertiary/aromatic N) is 2. The number of ether oxygens (including phenoxy) is 2. The van der Waals surface area contributed by atoms with Crippen LogP contribution in [0.2, 0.25) is 0 Å². The lowest BCUT2D eigenvalue weighted by Crippen LogP contribution is -2.00. The molecule has 1 aromatic heterocycles. The van der Waals surface area contributed by atoms with E-state index in [1.54, 1.807) is 25.1 Å². The average Bonchev–Trinajstić information content (AvgIpc) is 2.77. The molecule has 2 N–H and O–H groups in total. The van der Waals surface area contributed by atoms with Gasteiger partial charge in [0.05, 0.1) is 20.4 Å². The molecule has 5 heteroatoms. The van der Waals surface area contributed by atoms with Crippen LogP contribution >= 0.6 is 0 Å². The summed E-state index contributed by atoms with van der Waals surface area (Å²) in [5, 5.41) is 4.17. The molecule has 1 heterocycles. The Balaban J connectivity index is 2.70. The van der Waals surface area contributed by atoms with Crippen LogP contribution in [0.15, 0.2) is 18.3 Å². The van der Waals surface area contributed by atoms with Crippen molar-refractivity contribution in [2.24, 2.45) is 7.05 Å². The van der Waals surface area contributed by atoms with Gasteiger partial charge in [-0.3, -0.25) is 4.68 Å². The number of methoxy groups -OCH3 is 2. The number of anilines is 1. The Kier molecular flexibility index (Phi) is 3.64. The second-order valence-corrected chi connectivity index (χ2v) is 4.30. The first-order valence-electron chi connectivity index (χ1n) is 6.15. The molecule has 0 fully saturated rings. The molecule has 0 aliphatic carbocycles. The topological polar surface area (TPSA) is 62.3 Å². The summed E-state index contributed by atoms with van der Waals surface area (Å²) in [5.41, 5.74) is 8.97. The molecule has 0 aliphatic rings. The smallest absolute Gasteiger partial charge is 0.168 e. The zero-order valence-electron chi connectivity index (χ0n) is 11.7. The lowest BCUT2D eigenvalue weighted by molar-refractivity contribution is 0.356. The maximum absolute atomic E-state index is 6.05. The second-order valence-electron chi connectivity index (χ2n) is 4.30. The van der Waals surface area contributed by atoms with E-state index in [-0.39, 0.29) is 0 Å². The monoisotopic (exact) mass is 261 g/mol. The molecule has 19 heavy (non-hydrogen) atoms. The maximum atomic E-state index is 6.05. The van der Waals surface area contributed by atoms with Gasteiger partial charge < -0.3 is 15.2 Å². The number of aromatic nitrogens is 2. The van der Waals surface area contributed by atoms with E-state index in [0.717, 1.165) is 23.1 Å². The first-order chi connectivity index (χ1) is 9.12. The third-order valence-electron chi connectivity index (χ3n) is 3.22. The first kappa shape index (κ1) is 13.3. The summed E-state index contributed by atoms with van der Waals surface area (Å²) in [6.07, 6.45) is 2.65. The van der Waals surface area contributed by atoms with Gasteiger partial charge in [-0.15, -0.1) is 0 Å². The SMILES string of the molecule is CCc1cc(OC)c(OC)c(-c2cnn(C)c2N)c1. The summed E-state index contributed by atoms with van der Waals surface area (Å²) in [6.45, 7) is 2.09. The van der Waals surface area contributed by atoms with E-state index in [9.17, 15) is 0 Å². The molecule has 0 spiro atoms. The van der Waals surface area contributed by atoms with Crippen molar-refractivity contribution in [2.45, 2.75) is 13.3 Å². The minimum absolute atomic E-state index is 0.605. The molecular formula is C14H19N3O2. The molecule has 0 unspecified atom stereocenters. The van der Waals surface area contributed by atoms with Gasteiger partial charge in [0.2, 0.25) is 0 Å². The Morgan fingerprint density at radius 3 is 2.42 bits per heavy atom. The Morgan fingerprint density at radius 2 is 1.95 bits per heavy atom. The van der Waals surface area contributed by atoms with Crippen LogP contribution in [0.3, 0.4) is 0 Å². The lowest BCUT2D eigenvalue weighted by Gasteiger charge is -2.14. The normalized spacial score (nSPS) is 10.5. The Bertz CT molecular complexity index is 591. The van der Waals surface area contributed by atoms with Gasteiger partial charge in [0, 0.05) is 18.2 Å². The fraction of sp³-hybridized carbons (Fsp3) is 0.357. The molecule has 102 valence electrons. The third-order valence-corrected chi connectivity index (χ3v) is 3.22. The van der Waals surface area contributed by atoms with Crippen molar-refractivity contribution in [3.05, 3.63) is 23.9 Å². The van der Waals surface area contributed by atoms with Crippen LogP contribution in [0.1, 0.15) is 12.5 Å². The molecule has 0 atom stereocenters. The quantitative estimate of drug-likeness (QED) is 0.917. The molecule has 0 aliphatic heterocycles. The van der Waals surface area contributed by atoms with E-state index >= 15 is 0 Å². The number of hydrogen-bond donors (Lipinski definition) is 1. The number of aryl methyl sites for hydroxylation is 2. The average molecular weight is 261 g/mol. The van der Waals surface area contributed by atoms with Gasteiger partial charge in [0.25, 0.3) is 0 Å². The number of benzene rings is 1. The van der Waals surface area contributed by atoms with Crippen molar-refractivity contribution < 1.29 is 9.47 Å². The van der Waals surface area contributed by atoms with E-state index in [4.69, 9.17) is 15.2 Å². The standard InChI is InChI=1S/C14H19N3O2/c1-5-9-6-10(11-8-16-17(2)14(11)15)13(19-4)12(7-9)18-3/h6-8H,5,15H2,1-4H3. The van der Waals surface area contributed by atoms with Crippen molar-refractivity contribution in [2.75, 3.05) is 20.0 Å². The predicted octanol–water partition coefficient (Wildman–Crippen LogP) is 2.25. The number of nitrogens with two attached hydrogens (primary N) is 1. The summed E-state index contributed by atoms with van der Waals surface area (Å²) < 4.78 is 12.5. The number of hydrogen-bond acceptors (Lipinski definition) is 4. The highest BCUT2D eigenvalue weighted by atomic mass is 16.5. The molecule has 0 bridgehead atoms. The predicted molar refractivity (Wildman–Crippen MR) is 75.5 cm³/mol. The number of nitrogen functional groups attached to an aromatic ring is 1. The molecule has 0 radical (unpaired) electrons. The van der Waals surface area contributed by atoms with Crippen molar-refractivity contribution in [3.63, 3.8) is 0 Å². The molecule has 1 aromatic carbocycles. The second kappa shape index (κ2) is 5.22. The molecule has 0 amide bonds. The van der Waals surface area contributed by atoms with Gasteiger partial charge in [-0.1, -0.05) is 6.92 Å². The van der Waals surface area contributed by atoms with Crippen molar-refractivity contribution in [3.8, 4) is 22.6 Å². The summed E-state index contributed by atoms with van der Waals surface area (Å²) in [5.74, 6) is 1.99. The van der Waals surface area contributed by atoms with Gasteiger partial charge in [-0.05, 0) is 24.1 Å². The molecular weight excluding hydrogens is 242 g/mol. The van der Waals surface area contributed by atoms with E-state index in [2.05, 4.69) is 18.1 Å². The van der Waals surface area contributed by atoms with Crippen LogP contribution in [-0.4, -0.2) is 24.0 Å². The van der Waals surface area contributed by atoms with Crippen LogP contribution in [0, 0.1) is 0 Å². The van der Waals surface area contributed by atoms with Crippen molar-refractivity contribution in [1.29, 1.82) is 0 Å². The molecule has 5 nitrogen and oxygen atoms in total. The molecule has 2 aromatic rings. The van der Waals surface area contributed by atoms with Gasteiger partial charge in [-0.2, -0.15) is 5.10 Å². The van der Waals surface area contributed by atoms with Crippen molar-refractivity contribution >= 4 is 5.82 Å². The minimum Gasteiger partial charge on any atom is -0.493 e. The Labute approximate surface area is 112 Å². The summed E-state index contributed by atoms with van der Waals surface area (Å²) in [6, 6.07) is 4.05. The molecule has 0 saturated carbocycles. The van der Waals surface area contributed by atoms with Crippen LogP contribution in [0.5, 0.6) is 11.5 Å². The Morgan fingerprint density at radius 1 is 1.21 bits per heavy atom. The summed E-state index contributed by atoms with van der Waals surface area (Å²) in [4.78, 5) is 0. The fourth-order valence-corrected chi connectivity index (χ4v) is 2.08. The highest BCUT2D eigenvalue weighted by Gasteiger charge is 2.17. The molecule has 2 rings (SSSR count). The lowest BCUT2D eigenvalue weighted by atomic mass is 10.0. The molecule has 0 saturated heterocycles. The zero-order chi connectivity index (χ0) is 14.0. The largest absolute Gasteiger partial charge is 0.493 e. The van der Waals surface area contributed by atoms with E-state index in [1.165, 1.54) is 0 Å². The van der Waals surface area contributed by atoms with Crippen molar-refractivity contribution in [1.82, 2.24) is 9.78 Å². The number of rotatable bonds is 4.